The number of hydrogen-bond donors (Lipinski definition) is 11. The Bertz CT molecular complexity index is 1040. The Labute approximate surface area is 254 Å². The van der Waals surface area contributed by atoms with Gasteiger partial charge in [0.2, 0.25) is 29.5 Å². The number of aliphatic imine (C=N–C) groups is 1. The van der Waals surface area contributed by atoms with E-state index in [1.54, 1.807) is 0 Å². The Balaban J connectivity index is 5.51. The summed E-state index contributed by atoms with van der Waals surface area (Å²) in [6, 6.07) is -6.35. The fraction of sp³-hybridized carbons (Fsp3) is 0.680. The van der Waals surface area contributed by atoms with E-state index in [1.165, 1.54) is 6.92 Å². The molecule has 0 bridgehead atoms. The minimum atomic E-state index is -1.40. The third-order valence-electron chi connectivity index (χ3n) is 6.21. The molecule has 0 aliphatic rings. The predicted octanol–water partition coefficient (Wildman–Crippen LogP) is -4.33. The third-order valence-corrected chi connectivity index (χ3v) is 6.21. The molecule has 0 aromatic carbocycles. The standard InChI is InChI=1S/C25H46N10O9/c1-13(32-22(41)16(8-10-19(37)38)34-21(40)14(27)7-9-18(28)36)20(39)33-15(5-2-3-11-26)23(42)35-17(24(43)44)6-4-12-31-25(29)30/h13-17H,2-12,26-27H2,1H3,(H2,28,36)(H,32,41)(H,33,39)(H,34,40)(H,35,42)(H,37,38)(H,43,44)(H4,29,30,31)/t13-,14-,15-,16-,17-/m0/s1. The first-order chi connectivity index (χ1) is 20.6. The summed E-state index contributed by atoms with van der Waals surface area (Å²) in [5.41, 5.74) is 26.8. The van der Waals surface area contributed by atoms with Gasteiger partial charge < -0.3 is 60.1 Å². The lowest BCUT2D eigenvalue weighted by Gasteiger charge is -2.25. The Morgan fingerprint density at radius 1 is 0.682 bits per heavy atom. The summed E-state index contributed by atoms with van der Waals surface area (Å²) >= 11 is 0. The fourth-order valence-corrected chi connectivity index (χ4v) is 3.72. The number of unbranched alkanes of at least 4 members (excludes halogenated alkanes) is 1. The normalized spacial score (nSPS) is 14.1. The number of nitrogens with zero attached hydrogens (tertiary/aromatic N) is 1. The molecule has 44 heavy (non-hydrogen) atoms. The van der Waals surface area contributed by atoms with Gasteiger partial charge in [-0.2, -0.15) is 0 Å². The van der Waals surface area contributed by atoms with Crippen LogP contribution in [0.25, 0.3) is 0 Å². The second kappa shape index (κ2) is 21.2. The Morgan fingerprint density at radius 2 is 1.23 bits per heavy atom. The zero-order valence-corrected chi connectivity index (χ0v) is 24.8. The van der Waals surface area contributed by atoms with Crippen LogP contribution in [0.2, 0.25) is 0 Å². The molecule has 0 heterocycles. The van der Waals surface area contributed by atoms with Crippen molar-refractivity contribution < 1.29 is 43.8 Å². The number of guanidine groups is 1. The van der Waals surface area contributed by atoms with Gasteiger partial charge in [-0.15, -0.1) is 0 Å². The number of carboxylic acid groups (broad SMARTS) is 2. The van der Waals surface area contributed by atoms with Gasteiger partial charge in [-0.05, 0) is 58.4 Å². The monoisotopic (exact) mass is 630 g/mol. The van der Waals surface area contributed by atoms with Gasteiger partial charge in [-0.25, -0.2) is 4.79 Å². The number of nitrogens with one attached hydrogen (secondary N) is 4. The van der Waals surface area contributed by atoms with Crippen LogP contribution in [0.4, 0.5) is 0 Å². The minimum Gasteiger partial charge on any atom is -0.481 e. The van der Waals surface area contributed by atoms with Crippen LogP contribution < -0.4 is 49.9 Å². The number of aliphatic carboxylic acids is 2. The van der Waals surface area contributed by atoms with Crippen molar-refractivity contribution in [1.82, 2.24) is 21.3 Å². The highest BCUT2D eigenvalue weighted by Gasteiger charge is 2.30. The first-order valence-corrected chi connectivity index (χ1v) is 14.0. The lowest BCUT2D eigenvalue weighted by Crippen LogP contribution is -2.57. The molecule has 0 spiro atoms. The average Bonchev–Trinajstić information content (AvgIpc) is 2.93. The van der Waals surface area contributed by atoms with Crippen molar-refractivity contribution in [1.29, 1.82) is 0 Å². The molecule has 0 radical (unpaired) electrons. The molecule has 0 aromatic heterocycles. The van der Waals surface area contributed by atoms with Gasteiger partial charge in [0.1, 0.15) is 24.2 Å². The second-order valence-electron chi connectivity index (χ2n) is 10.0. The van der Waals surface area contributed by atoms with E-state index >= 15 is 0 Å². The molecule has 5 amide bonds. The maximum Gasteiger partial charge on any atom is 0.326 e. The molecule has 5 atom stereocenters. The van der Waals surface area contributed by atoms with E-state index < -0.39 is 78.1 Å². The molecule has 0 rings (SSSR count). The Kier molecular flexibility index (Phi) is 19.0. The molecular formula is C25H46N10O9. The van der Waals surface area contributed by atoms with E-state index in [9.17, 15) is 38.7 Å². The van der Waals surface area contributed by atoms with E-state index in [0.717, 1.165) is 0 Å². The van der Waals surface area contributed by atoms with Gasteiger partial charge in [-0.3, -0.25) is 33.8 Å². The van der Waals surface area contributed by atoms with Crippen LogP contribution in [0.1, 0.15) is 64.7 Å². The van der Waals surface area contributed by atoms with Gasteiger partial charge in [0, 0.05) is 19.4 Å². The van der Waals surface area contributed by atoms with Gasteiger partial charge in [0.15, 0.2) is 5.96 Å². The lowest BCUT2D eigenvalue weighted by atomic mass is 10.1. The summed E-state index contributed by atoms with van der Waals surface area (Å²) in [6.45, 7) is 1.75. The van der Waals surface area contributed by atoms with Crippen LogP contribution >= 0.6 is 0 Å². The van der Waals surface area contributed by atoms with Crippen LogP contribution in [-0.4, -0.2) is 101 Å². The number of amides is 5. The molecule has 0 saturated carbocycles. The van der Waals surface area contributed by atoms with Crippen LogP contribution in [0.3, 0.4) is 0 Å². The minimum absolute atomic E-state index is 0.00339. The van der Waals surface area contributed by atoms with Crippen LogP contribution in [0.5, 0.6) is 0 Å². The van der Waals surface area contributed by atoms with E-state index in [-0.39, 0.29) is 51.0 Å². The third kappa shape index (κ3) is 17.4. The molecule has 19 nitrogen and oxygen atoms in total. The van der Waals surface area contributed by atoms with Crippen molar-refractivity contribution in [3.63, 3.8) is 0 Å². The van der Waals surface area contributed by atoms with Gasteiger partial charge in [0.25, 0.3) is 0 Å². The molecule has 0 aromatic rings. The van der Waals surface area contributed by atoms with Gasteiger partial charge in [0.05, 0.1) is 6.04 Å². The lowest BCUT2D eigenvalue weighted by molar-refractivity contribution is -0.142. The zero-order chi connectivity index (χ0) is 33.8. The molecule has 0 saturated heterocycles. The van der Waals surface area contributed by atoms with Crippen molar-refractivity contribution in [3.05, 3.63) is 0 Å². The molecule has 0 unspecified atom stereocenters. The van der Waals surface area contributed by atoms with Gasteiger partial charge in [-0.1, -0.05) is 0 Å². The van der Waals surface area contributed by atoms with Crippen molar-refractivity contribution >= 4 is 47.4 Å². The average molecular weight is 631 g/mol. The number of carbonyl (C=O) groups excluding carboxylic acids is 5. The maximum absolute atomic E-state index is 13.0. The summed E-state index contributed by atoms with van der Waals surface area (Å²) in [6.07, 6.45) is 0.139. The Hall–Kier alpha value is -4.52. The summed E-state index contributed by atoms with van der Waals surface area (Å²) in [5, 5.41) is 28.1. The van der Waals surface area contributed by atoms with Crippen LogP contribution in [-0.2, 0) is 33.6 Å². The van der Waals surface area contributed by atoms with Crippen LogP contribution in [0, 0.1) is 0 Å². The summed E-state index contributed by atoms with van der Waals surface area (Å²) in [7, 11) is 0. The van der Waals surface area contributed by atoms with E-state index in [4.69, 9.17) is 33.8 Å². The number of carboxylic acids is 2. The summed E-state index contributed by atoms with van der Waals surface area (Å²) in [4.78, 5) is 88.8. The molecule has 19 heteroatoms. The SMILES string of the molecule is C[C@H](NC(=O)[C@H](CCC(=O)O)NC(=O)[C@@H](N)CCC(N)=O)C(=O)N[C@@H](CCCCN)C(=O)N[C@@H](CCCN=C(N)N)C(=O)O. The molecule has 0 aliphatic carbocycles. The topological polar surface area (TPSA) is 351 Å². The molecule has 16 N–H and O–H groups in total. The van der Waals surface area contributed by atoms with Gasteiger partial charge >= 0.3 is 11.9 Å². The van der Waals surface area contributed by atoms with Crippen molar-refractivity contribution in [3.8, 4) is 0 Å². The molecule has 250 valence electrons. The van der Waals surface area contributed by atoms with E-state index in [2.05, 4.69) is 26.3 Å². The van der Waals surface area contributed by atoms with Crippen molar-refractivity contribution in [2.75, 3.05) is 13.1 Å². The smallest absolute Gasteiger partial charge is 0.326 e. The Morgan fingerprint density at radius 3 is 1.77 bits per heavy atom. The fourth-order valence-electron chi connectivity index (χ4n) is 3.72. The quantitative estimate of drug-likeness (QED) is 0.0289. The number of hydrogen-bond acceptors (Lipinski definition) is 10. The highest BCUT2D eigenvalue weighted by molar-refractivity contribution is 5.95. The zero-order valence-electron chi connectivity index (χ0n) is 24.8. The predicted molar refractivity (Wildman–Crippen MR) is 157 cm³/mol. The maximum atomic E-state index is 13.0. The summed E-state index contributed by atoms with van der Waals surface area (Å²) in [5.74, 6) is -6.74. The van der Waals surface area contributed by atoms with E-state index in [1.807, 2.05) is 0 Å². The highest BCUT2D eigenvalue weighted by Crippen LogP contribution is 2.06. The number of carbonyl (C=O) groups is 7. The molecule has 0 fully saturated rings. The number of nitrogens with two attached hydrogens (primary N) is 5. The first kappa shape index (κ1) is 39.5. The highest BCUT2D eigenvalue weighted by atomic mass is 16.4. The van der Waals surface area contributed by atoms with Crippen molar-refractivity contribution in [2.24, 2.45) is 33.7 Å². The second-order valence-corrected chi connectivity index (χ2v) is 10.0. The molecular weight excluding hydrogens is 584 g/mol. The number of rotatable bonds is 23. The largest absolute Gasteiger partial charge is 0.481 e. The summed E-state index contributed by atoms with van der Waals surface area (Å²) < 4.78 is 0. The number of primary amides is 1. The first-order valence-electron chi connectivity index (χ1n) is 14.0. The van der Waals surface area contributed by atoms with E-state index in [0.29, 0.717) is 19.4 Å². The van der Waals surface area contributed by atoms with Crippen LogP contribution in [0.15, 0.2) is 4.99 Å². The molecule has 0 aliphatic heterocycles. The van der Waals surface area contributed by atoms with Crippen molar-refractivity contribution in [2.45, 2.75) is 94.9 Å².